The van der Waals surface area contributed by atoms with Gasteiger partial charge in [-0.3, -0.25) is 0 Å². The van der Waals surface area contributed by atoms with Crippen LogP contribution in [0.15, 0.2) is 24.3 Å². The van der Waals surface area contributed by atoms with Gasteiger partial charge in [-0.2, -0.15) is 0 Å². The highest BCUT2D eigenvalue weighted by atomic mass is 35.5. The summed E-state index contributed by atoms with van der Waals surface area (Å²) in [6.07, 6.45) is 47.5. The summed E-state index contributed by atoms with van der Waals surface area (Å²) in [6, 6.07) is 0. The van der Waals surface area contributed by atoms with E-state index < -0.39 is 0 Å². The Bertz CT molecular complexity index is 575. The molecule has 0 bridgehead atoms. The van der Waals surface area contributed by atoms with Crippen LogP contribution in [0.5, 0.6) is 0 Å². The molecule has 2 atom stereocenters. The number of rotatable bonds is 40. The second-order valence-corrected chi connectivity index (χ2v) is 14.5. The van der Waals surface area contributed by atoms with Crippen molar-refractivity contribution in [1.82, 2.24) is 0 Å². The van der Waals surface area contributed by atoms with E-state index in [9.17, 15) is 0 Å². The second kappa shape index (κ2) is 42.1. The average molecular weight is 704 g/mol. The van der Waals surface area contributed by atoms with Crippen LogP contribution >= 0.6 is 23.2 Å². The lowest BCUT2D eigenvalue weighted by molar-refractivity contribution is -0.167. The van der Waals surface area contributed by atoms with Crippen molar-refractivity contribution in [3.8, 4) is 0 Å². The van der Waals surface area contributed by atoms with E-state index in [2.05, 4.69) is 38.2 Å². The van der Waals surface area contributed by atoms with Gasteiger partial charge >= 0.3 is 0 Å². The van der Waals surface area contributed by atoms with E-state index in [0.717, 1.165) is 63.1 Å². The standard InChI is InChI=1S/C42H80Cl2O3/c1-3-5-7-9-11-15-21-27-33-41(35-29-23-17-13-19-25-31-37-43)46-39-45-40-47-42(34-28-22-16-12-10-8-6-4-2)36-30-24-18-14-20-26-32-38-44/h15-16,21-22,41-42H,3-14,17-20,23-40H2,1-2H3. The zero-order valence-electron chi connectivity index (χ0n) is 31.5. The summed E-state index contributed by atoms with van der Waals surface area (Å²) in [4.78, 5) is 0. The quantitative estimate of drug-likeness (QED) is 0.0275. The van der Waals surface area contributed by atoms with E-state index >= 15 is 0 Å². The molecule has 3 nitrogen and oxygen atoms in total. The molecule has 0 aliphatic rings. The van der Waals surface area contributed by atoms with Crippen molar-refractivity contribution in [2.75, 3.05) is 25.3 Å². The fourth-order valence-corrected chi connectivity index (χ4v) is 6.44. The smallest absolute Gasteiger partial charge is 0.149 e. The number of hydrogen-bond acceptors (Lipinski definition) is 3. The van der Waals surface area contributed by atoms with Crippen LogP contribution in [-0.4, -0.2) is 37.6 Å². The molecule has 0 aromatic heterocycles. The monoisotopic (exact) mass is 703 g/mol. The third-order valence-corrected chi connectivity index (χ3v) is 9.72. The lowest BCUT2D eigenvalue weighted by atomic mass is 10.0. The van der Waals surface area contributed by atoms with Gasteiger partial charge in [0.2, 0.25) is 0 Å². The molecule has 5 heteroatoms. The summed E-state index contributed by atoms with van der Waals surface area (Å²) >= 11 is 11.6. The molecule has 0 fully saturated rings. The first-order chi connectivity index (χ1) is 23.3. The fourth-order valence-electron chi connectivity index (χ4n) is 6.06. The van der Waals surface area contributed by atoms with Crippen LogP contribution in [0.1, 0.15) is 206 Å². The van der Waals surface area contributed by atoms with Gasteiger partial charge in [-0.1, -0.05) is 154 Å². The number of allylic oxidation sites excluding steroid dienone is 4. The van der Waals surface area contributed by atoms with Gasteiger partial charge in [0.05, 0.1) is 12.2 Å². The van der Waals surface area contributed by atoms with E-state index in [1.54, 1.807) is 0 Å². The molecule has 2 unspecified atom stereocenters. The van der Waals surface area contributed by atoms with E-state index in [1.165, 1.54) is 141 Å². The number of unbranched alkanes of at least 4 members (excludes halogenated alkanes) is 20. The van der Waals surface area contributed by atoms with Crippen molar-refractivity contribution >= 4 is 23.2 Å². The number of halogens is 2. The summed E-state index contributed by atoms with van der Waals surface area (Å²) in [5.41, 5.74) is 0. The molecule has 0 amide bonds. The van der Waals surface area contributed by atoms with E-state index in [-0.39, 0.29) is 12.2 Å². The minimum atomic E-state index is 0.263. The number of alkyl halides is 2. The SMILES string of the molecule is CCCCCCC=CCCC(CCCCCCCCCCl)OCOCOC(CCC=CCCCCCC)CCCCCCCCCCl. The topological polar surface area (TPSA) is 27.7 Å². The molecule has 0 rings (SSSR count). The van der Waals surface area contributed by atoms with Crippen molar-refractivity contribution < 1.29 is 14.2 Å². The molecule has 0 aromatic carbocycles. The van der Waals surface area contributed by atoms with Gasteiger partial charge in [-0.25, -0.2) is 0 Å². The van der Waals surface area contributed by atoms with Crippen LogP contribution in [0.4, 0.5) is 0 Å². The predicted molar refractivity (Wildman–Crippen MR) is 210 cm³/mol. The van der Waals surface area contributed by atoms with E-state index in [0.29, 0.717) is 13.6 Å². The Balaban J connectivity index is 4.53. The second-order valence-electron chi connectivity index (χ2n) is 13.7. The summed E-state index contributed by atoms with van der Waals surface area (Å²) in [5, 5.41) is 0. The lowest BCUT2D eigenvalue weighted by Gasteiger charge is -2.20. The third-order valence-electron chi connectivity index (χ3n) is 9.19. The van der Waals surface area contributed by atoms with Crippen molar-refractivity contribution in [3.05, 3.63) is 24.3 Å². The highest BCUT2D eigenvalue weighted by Crippen LogP contribution is 2.18. The number of hydrogen-bond donors (Lipinski definition) is 0. The summed E-state index contributed by atoms with van der Waals surface area (Å²) in [6.45, 7) is 5.21. The molecule has 0 radical (unpaired) electrons. The molecule has 0 aliphatic heterocycles. The van der Waals surface area contributed by atoms with E-state index in [1.807, 2.05) is 0 Å². The first-order valence-corrected chi connectivity index (χ1v) is 21.6. The molecular formula is C42H80Cl2O3. The molecule has 280 valence electrons. The van der Waals surface area contributed by atoms with Crippen molar-refractivity contribution in [2.45, 2.75) is 219 Å². The van der Waals surface area contributed by atoms with Crippen molar-refractivity contribution in [1.29, 1.82) is 0 Å². The lowest BCUT2D eigenvalue weighted by Crippen LogP contribution is -2.19. The maximum atomic E-state index is 6.28. The molecule has 0 N–H and O–H groups in total. The Morgan fingerprint density at radius 1 is 0.383 bits per heavy atom. The van der Waals surface area contributed by atoms with Gasteiger partial charge in [-0.15, -0.1) is 23.2 Å². The Hall–Kier alpha value is -0.0600. The largest absolute Gasteiger partial charge is 0.352 e. The molecule has 0 saturated carbocycles. The van der Waals surface area contributed by atoms with Crippen LogP contribution in [0, 0.1) is 0 Å². The molecular weight excluding hydrogens is 623 g/mol. The van der Waals surface area contributed by atoms with Crippen LogP contribution < -0.4 is 0 Å². The van der Waals surface area contributed by atoms with Crippen LogP contribution in [-0.2, 0) is 14.2 Å². The van der Waals surface area contributed by atoms with Gasteiger partial charge in [0, 0.05) is 11.8 Å². The van der Waals surface area contributed by atoms with Gasteiger partial charge < -0.3 is 14.2 Å². The minimum Gasteiger partial charge on any atom is -0.352 e. The molecule has 0 heterocycles. The van der Waals surface area contributed by atoms with Crippen LogP contribution in [0.25, 0.3) is 0 Å². The van der Waals surface area contributed by atoms with Crippen molar-refractivity contribution in [3.63, 3.8) is 0 Å². The van der Waals surface area contributed by atoms with Crippen molar-refractivity contribution in [2.24, 2.45) is 0 Å². The zero-order chi connectivity index (χ0) is 34.1. The highest BCUT2D eigenvalue weighted by molar-refractivity contribution is 6.18. The molecule has 0 aromatic rings. The minimum absolute atomic E-state index is 0.263. The third kappa shape index (κ3) is 38.6. The predicted octanol–water partition coefficient (Wildman–Crippen LogP) is 15.0. The maximum Gasteiger partial charge on any atom is 0.149 e. The van der Waals surface area contributed by atoms with Gasteiger partial charge in [0.1, 0.15) is 13.6 Å². The molecule has 0 aliphatic carbocycles. The number of ether oxygens (including phenoxy) is 3. The Morgan fingerprint density at radius 3 is 1.11 bits per heavy atom. The fraction of sp³-hybridized carbons (Fsp3) is 0.905. The zero-order valence-corrected chi connectivity index (χ0v) is 33.0. The molecule has 0 spiro atoms. The summed E-state index contributed by atoms with van der Waals surface area (Å²) < 4.78 is 18.5. The van der Waals surface area contributed by atoms with Gasteiger partial charge in [0.15, 0.2) is 0 Å². The maximum absolute atomic E-state index is 6.28. The normalized spacial score (nSPS) is 13.4. The first-order valence-electron chi connectivity index (χ1n) is 20.5. The van der Waals surface area contributed by atoms with Crippen LogP contribution in [0.3, 0.4) is 0 Å². The molecule has 47 heavy (non-hydrogen) atoms. The first kappa shape index (κ1) is 46.9. The van der Waals surface area contributed by atoms with Crippen LogP contribution in [0.2, 0.25) is 0 Å². The Morgan fingerprint density at radius 2 is 0.723 bits per heavy atom. The highest BCUT2D eigenvalue weighted by Gasteiger charge is 2.11. The average Bonchev–Trinajstić information content (AvgIpc) is 3.08. The van der Waals surface area contributed by atoms with Gasteiger partial charge in [-0.05, 0) is 77.0 Å². The van der Waals surface area contributed by atoms with Gasteiger partial charge in [0.25, 0.3) is 0 Å². The summed E-state index contributed by atoms with van der Waals surface area (Å²) in [7, 11) is 0. The van der Waals surface area contributed by atoms with E-state index in [4.69, 9.17) is 37.4 Å². The summed E-state index contributed by atoms with van der Waals surface area (Å²) in [5.74, 6) is 1.60. The Kier molecular flexibility index (Phi) is 42.1. The molecule has 0 saturated heterocycles. The Labute approximate surface area is 304 Å².